The number of hydrogen-bond donors (Lipinski definition) is 10. The van der Waals surface area contributed by atoms with Crippen LogP contribution in [0.4, 0.5) is 0 Å². The van der Waals surface area contributed by atoms with E-state index in [1.165, 1.54) is 57.4 Å². The molecule has 3 aliphatic heterocycles. The van der Waals surface area contributed by atoms with Crippen molar-refractivity contribution >= 4 is 11.0 Å². The van der Waals surface area contributed by atoms with E-state index in [1.807, 2.05) is 0 Å². The molecule has 15 atom stereocenters. The van der Waals surface area contributed by atoms with Gasteiger partial charge in [0.15, 0.2) is 18.3 Å². The first-order chi connectivity index (χ1) is 25.1. The minimum atomic E-state index is -1.96. The molecule has 292 valence electrons. The van der Waals surface area contributed by atoms with Gasteiger partial charge in [-0.2, -0.15) is 0 Å². The van der Waals surface area contributed by atoms with Crippen molar-refractivity contribution in [2.45, 2.75) is 106 Å². The Morgan fingerprint density at radius 1 is 0.698 bits per heavy atom. The number of ether oxygens (including phenoxy) is 7. The van der Waals surface area contributed by atoms with E-state index in [2.05, 4.69) is 0 Å². The molecule has 19 heteroatoms. The Morgan fingerprint density at radius 3 is 2.00 bits per heavy atom. The number of aromatic hydroxyl groups is 2. The van der Waals surface area contributed by atoms with Gasteiger partial charge in [0.05, 0.1) is 25.9 Å². The summed E-state index contributed by atoms with van der Waals surface area (Å²) >= 11 is 0. The minimum absolute atomic E-state index is 0.102. The Hall–Kier alpha value is -3.67. The molecule has 6 rings (SSSR count). The second-order valence-electron chi connectivity index (χ2n) is 13.1. The Labute approximate surface area is 300 Å². The molecule has 3 fully saturated rings. The van der Waals surface area contributed by atoms with Crippen LogP contribution in [0.1, 0.15) is 13.8 Å². The third-order valence-electron chi connectivity index (χ3n) is 9.48. The van der Waals surface area contributed by atoms with Crippen molar-refractivity contribution in [3.63, 3.8) is 0 Å². The number of aliphatic hydroxyl groups is 8. The van der Waals surface area contributed by atoms with E-state index in [-0.39, 0.29) is 33.8 Å². The molecule has 10 N–H and O–H groups in total. The van der Waals surface area contributed by atoms with Crippen molar-refractivity contribution < 1.29 is 88.6 Å². The monoisotopic (exact) mass is 754 g/mol. The molecule has 0 amide bonds. The second kappa shape index (κ2) is 15.6. The van der Waals surface area contributed by atoms with Gasteiger partial charge in [-0.05, 0) is 38.1 Å². The normalized spacial score (nSPS) is 37.8. The van der Waals surface area contributed by atoms with Crippen LogP contribution in [0.15, 0.2) is 45.6 Å². The summed E-state index contributed by atoms with van der Waals surface area (Å²) in [5.41, 5.74) is -0.804. The molecule has 3 saturated heterocycles. The highest BCUT2D eigenvalue weighted by atomic mass is 16.7. The van der Waals surface area contributed by atoms with Crippen molar-refractivity contribution in [2.75, 3.05) is 13.7 Å². The molecule has 3 aliphatic rings. The van der Waals surface area contributed by atoms with E-state index >= 15 is 0 Å². The Balaban J connectivity index is 1.23. The lowest BCUT2D eigenvalue weighted by molar-refractivity contribution is -0.358. The van der Waals surface area contributed by atoms with Crippen LogP contribution in [0.2, 0.25) is 0 Å². The van der Waals surface area contributed by atoms with Crippen molar-refractivity contribution in [1.82, 2.24) is 0 Å². The van der Waals surface area contributed by atoms with Crippen LogP contribution in [0.3, 0.4) is 0 Å². The Kier molecular flexibility index (Phi) is 11.5. The third kappa shape index (κ3) is 7.54. The Morgan fingerprint density at radius 2 is 1.32 bits per heavy atom. The van der Waals surface area contributed by atoms with Crippen molar-refractivity contribution in [2.24, 2.45) is 0 Å². The van der Waals surface area contributed by atoms with Crippen molar-refractivity contribution in [3.05, 3.63) is 46.6 Å². The Bertz CT molecular complexity index is 1780. The molecular weight excluding hydrogens is 712 g/mol. The van der Waals surface area contributed by atoms with Gasteiger partial charge in [0.1, 0.15) is 89.3 Å². The summed E-state index contributed by atoms with van der Waals surface area (Å²) in [6.07, 6.45) is -23.9. The number of rotatable bonds is 9. The number of benzene rings is 2. The highest BCUT2D eigenvalue weighted by molar-refractivity contribution is 5.88. The quantitative estimate of drug-likeness (QED) is 0.110. The topological polar surface area (TPSA) is 297 Å². The molecule has 3 aromatic rings. The van der Waals surface area contributed by atoms with Crippen LogP contribution in [0.5, 0.6) is 23.0 Å². The number of phenols is 2. The van der Waals surface area contributed by atoms with Crippen molar-refractivity contribution in [1.29, 1.82) is 0 Å². The van der Waals surface area contributed by atoms with Crippen LogP contribution in [-0.4, -0.2) is 157 Å². The summed E-state index contributed by atoms with van der Waals surface area (Å²) in [6.45, 7) is 2.19. The van der Waals surface area contributed by atoms with E-state index in [1.54, 1.807) is 0 Å². The lowest BCUT2D eigenvalue weighted by Gasteiger charge is -2.46. The van der Waals surface area contributed by atoms with E-state index in [0.29, 0.717) is 0 Å². The fourth-order valence-electron chi connectivity index (χ4n) is 6.32. The maximum atomic E-state index is 13.9. The fraction of sp³-hybridized carbons (Fsp3) is 0.559. The SMILES string of the molecule is COc1cc(O)c2c(=O)c(O[C@H]3O[C@@H](CO[C@H]4O[C@H](C)[C@@H](O)[C@H](O[C@H]5O[C@H](C)[C@@H](O)[C@H](O)[C@@H]5O)[C@@H]4O)[C@@H](O)[C@@H](O)[C@@H]3O)c(-c3ccc(O)cc3)oc2c1. The third-order valence-corrected chi connectivity index (χ3v) is 9.48. The predicted molar refractivity (Wildman–Crippen MR) is 175 cm³/mol. The number of hydrogen-bond acceptors (Lipinski definition) is 19. The van der Waals surface area contributed by atoms with Crippen molar-refractivity contribution in [3.8, 4) is 34.3 Å². The molecule has 0 unspecified atom stereocenters. The van der Waals surface area contributed by atoms with Crippen LogP contribution in [0, 0.1) is 0 Å². The average molecular weight is 755 g/mol. The zero-order valence-electron chi connectivity index (χ0n) is 28.5. The summed E-state index contributed by atoms with van der Waals surface area (Å²) in [6, 6.07) is 7.93. The van der Waals surface area contributed by atoms with E-state index in [9.17, 15) is 55.9 Å². The highest BCUT2D eigenvalue weighted by Gasteiger charge is 2.51. The predicted octanol–water partition coefficient (Wildman–Crippen LogP) is -2.24. The van der Waals surface area contributed by atoms with Gasteiger partial charge in [0.2, 0.25) is 17.5 Å². The summed E-state index contributed by atoms with van der Waals surface area (Å²) in [5.74, 6) is -1.27. The van der Waals surface area contributed by atoms with Crippen LogP contribution >= 0.6 is 0 Å². The van der Waals surface area contributed by atoms with E-state index in [0.717, 1.165) is 0 Å². The van der Waals surface area contributed by atoms with Crippen LogP contribution in [0.25, 0.3) is 22.3 Å². The van der Waals surface area contributed by atoms with E-state index < -0.39 is 116 Å². The molecule has 0 radical (unpaired) electrons. The van der Waals surface area contributed by atoms with Gasteiger partial charge >= 0.3 is 0 Å². The molecule has 2 aromatic carbocycles. The molecule has 0 bridgehead atoms. The maximum absolute atomic E-state index is 13.9. The van der Waals surface area contributed by atoms with Gasteiger partial charge in [-0.1, -0.05) is 0 Å². The smallest absolute Gasteiger partial charge is 0.239 e. The van der Waals surface area contributed by atoms with Gasteiger partial charge in [0, 0.05) is 17.7 Å². The van der Waals surface area contributed by atoms with Gasteiger partial charge < -0.3 is 88.6 Å². The van der Waals surface area contributed by atoms with Gasteiger partial charge in [-0.25, -0.2) is 0 Å². The van der Waals surface area contributed by atoms with Gasteiger partial charge in [0.25, 0.3) is 0 Å². The zero-order chi connectivity index (χ0) is 38.5. The highest BCUT2D eigenvalue weighted by Crippen LogP contribution is 2.38. The minimum Gasteiger partial charge on any atom is -0.508 e. The van der Waals surface area contributed by atoms with Gasteiger partial charge in [-0.3, -0.25) is 4.79 Å². The number of phenolic OH excluding ortho intramolecular Hbond substituents is 2. The summed E-state index contributed by atoms with van der Waals surface area (Å²) < 4.78 is 45.1. The number of aliphatic hydroxyl groups excluding tert-OH is 8. The maximum Gasteiger partial charge on any atom is 0.239 e. The molecule has 53 heavy (non-hydrogen) atoms. The molecular formula is C34H42O19. The molecule has 19 nitrogen and oxygen atoms in total. The average Bonchev–Trinajstić information content (AvgIpc) is 3.13. The molecule has 1 aromatic heterocycles. The molecule has 4 heterocycles. The summed E-state index contributed by atoms with van der Waals surface area (Å²) in [7, 11) is 1.34. The summed E-state index contributed by atoms with van der Waals surface area (Å²) in [4.78, 5) is 13.9. The zero-order valence-corrected chi connectivity index (χ0v) is 28.5. The van der Waals surface area contributed by atoms with Crippen LogP contribution in [-0.2, 0) is 23.7 Å². The first-order valence-corrected chi connectivity index (χ1v) is 16.6. The van der Waals surface area contributed by atoms with Gasteiger partial charge in [-0.15, -0.1) is 0 Å². The van der Waals surface area contributed by atoms with E-state index in [4.69, 9.17) is 37.6 Å². The largest absolute Gasteiger partial charge is 0.508 e. The molecule has 0 aliphatic carbocycles. The standard InChI is InChI=1S/C34H42O19/c1-11-20(37)24(41)26(43)33(49-11)52-30-21(38)12(2)48-32(28(30)45)47-10-18-22(39)25(42)27(44)34(51-18)53-31-23(40)19-16(36)8-15(46-3)9-17(19)50-29(31)13-4-6-14(35)7-5-13/h4-9,11-12,18,20-22,24-28,30,32-39,41-45H,10H2,1-3H3/t11-,12-,18+,20-,21-,22-,24+,25-,26+,27+,28+,30+,32+,33-,34-/m1/s1. The summed E-state index contributed by atoms with van der Waals surface area (Å²) in [5, 5.41) is 105. The number of methoxy groups -OCH3 is 1. The lowest BCUT2D eigenvalue weighted by atomic mass is 9.97. The number of fused-ring (bicyclic) bond motifs is 1. The first-order valence-electron chi connectivity index (χ1n) is 16.6. The van der Waals surface area contributed by atoms with Crippen LogP contribution < -0.4 is 14.9 Å². The fourth-order valence-corrected chi connectivity index (χ4v) is 6.32. The second-order valence-corrected chi connectivity index (χ2v) is 13.1. The molecule has 0 saturated carbocycles. The molecule has 0 spiro atoms. The first kappa shape index (κ1) is 39.0. The lowest BCUT2D eigenvalue weighted by Crippen LogP contribution is -2.64.